The number of hydrogen-bond donors (Lipinski definition) is 1. The van der Waals surface area contributed by atoms with Crippen LogP contribution in [0.5, 0.6) is 5.75 Å². The van der Waals surface area contributed by atoms with E-state index in [4.69, 9.17) is 15.2 Å². The molecular formula is C15H22N2O3. The second kappa shape index (κ2) is 6.61. The van der Waals surface area contributed by atoms with Crippen LogP contribution in [0.4, 0.5) is 5.69 Å². The number of nitrogens with two attached hydrogens (primary N) is 1. The second-order valence-electron chi connectivity index (χ2n) is 4.90. The van der Waals surface area contributed by atoms with E-state index in [1.165, 1.54) is 7.11 Å². The summed E-state index contributed by atoms with van der Waals surface area (Å²) in [5, 5.41) is 0. The molecule has 5 nitrogen and oxygen atoms in total. The maximum atomic E-state index is 12.6. The number of piperidine rings is 1. The quantitative estimate of drug-likeness (QED) is 0.855. The van der Waals surface area contributed by atoms with Crippen molar-refractivity contribution in [2.24, 2.45) is 0 Å². The third kappa shape index (κ3) is 3.04. The van der Waals surface area contributed by atoms with Gasteiger partial charge in [0.05, 0.1) is 24.5 Å². The molecule has 0 aliphatic carbocycles. The lowest BCUT2D eigenvalue weighted by atomic mass is 10.1. The Bertz CT molecular complexity index is 474. The van der Waals surface area contributed by atoms with Gasteiger partial charge in [-0.25, -0.2) is 0 Å². The summed E-state index contributed by atoms with van der Waals surface area (Å²) in [7, 11) is 1.53. The van der Waals surface area contributed by atoms with Gasteiger partial charge in [0.15, 0.2) is 5.75 Å². The highest BCUT2D eigenvalue weighted by molar-refractivity contribution is 5.98. The Morgan fingerprint density at radius 3 is 3.00 bits per heavy atom. The Morgan fingerprint density at radius 2 is 2.30 bits per heavy atom. The molecule has 2 rings (SSSR count). The summed E-state index contributed by atoms with van der Waals surface area (Å²) in [6, 6.07) is 5.26. The average molecular weight is 278 g/mol. The summed E-state index contributed by atoms with van der Waals surface area (Å²) >= 11 is 0. The lowest BCUT2D eigenvalue weighted by Gasteiger charge is -2.32. The standard InChI is InChI=1S/C15H22N2O3/c1-3-20-11-6-5-9-17(10-11)15(18)12-7-4-8-13(16)14(12)19-2/h4,7-8,11H,3,5-6,9-10,16H2,1-2H3. The Hall–Kier alpha value is -1.75. The fourth-order valence-corrected chi connectivity index (χ4v) is 2.62. The Balaban J connectivity index is 2.16. The molecule has 0 aromatic heterocycles. The number of nitrogens with zero attached hydrogens (tertiary/aromatic N) is 1. The molecule has 0 radical (unpaired) electrons. The van der Waals surface area contributed by atoms with Crippen LogP contribution in [0.3, 0.4) is 0 Å². The Labute approximate surface area is 119 Å². The lowest BCUT2D eigenvalue weighted by Crippen LogP contribution is -2.43. The number of amides is 1. The highest BCUT2D eigenvalue weighted by atomic mass is 16.5. The van der Waals surface area contributed by atoms with E-state index in [0.29, 0.717) is 30.2 Å². The number of para-hydroxylation sites is 1. The molecule has 0 bridgehead atoms. The van der Waals surface area contributed by atoms with Crippen molar-refractivity contribution < 1.29 is 14.3 Å². The fraction of sp³-hybridized carbons (Fsp3) is 0.533. The van der Waals surface area contributed by atoms with Crippen molar-refractivity contribution in [3.63, 3.8) is 0 Å². The topological polar surface area (TPSA) is 64.8 Å². The number of anilines is 1. The summed E-state index contributed by atoms with van der Waals surface area (Å²) in [5.41, 5.74) is 6.86. The number of likely N-dealkylation sites (tertiary alicyclic amines) is 1. The molecule has 1 amide bonds. The number of rotatable bonds is 4. The van der Waals surface area contributed by atoms with Gasteiger partial charge in [-0.15, -0.1) is 0 Å². The van der Waals surface area contributed by atoms with Crippen LogP contribution in [0.15, 0.2) is 18.2 Å². The van der Waals surface area contributed by atoms with Gasteiger partial charge in [-0.05, 0) is 31.9 Å². The average Bonchev–Trinajstić information content (AvgIpc) is 2.47. The van der Waals surface area contributed by atoms with Crippen LogP contribution in [-0.2, 0) is 4.74 Å². The molecule has 5 heteroatoms. The van der Waals surface area contributed by atoms with Crippen LogP contribution in [0.25, 0.3) is 0 Å². The monoisotopic (exact) mass is 278 g/mol. The van der Waals surface area contributed by atoms with Crippen LogP contribution >= 0.6 is 0 Å². The van der Waals surface area contributed by atoms with Gasteiger partial charge < -0.3 is 20.1 Å². The van der Waals surface area contributed by atoms with Gasteiger partial charge >= 0.3 is 0 Å². The molecule has 0 saturated carbocycles. The van der Waals surface area contributed by atoms with E-state index >= 15 is 0 Å². The highest BCUT2D eigenvalue weighted by Crippen LogP contribution is 2.28. The first kappa shape index (κ1) is 14.7. The summed E-state index contributed by atoms with van der Waals surface area (Å²) in [6.45, 7) is 4.03. The predicted molar refractivity (Wildman–Crippen MR) is 78.0 cm³/mol. The summed E-state index contributed by atoms with van der Waals surface area (Å²) in [6.07, 6.45) is 2.09. The molecule has 1 aliphatic heterocycles. The zero-order valence-corrected chi connectivity index (χ0v) is 12.1. The van der Waals surface area contributed by atoms with E-state index in [1.54, 1.807) is 18.2 Å². The van der Waals surface area contributed by atoms with Crippen molar-refractivity contribution in [3.05, 3.63) is 23.8 Å². The molecule has 2 N–H and O–H groups in total. The van der Waals surface area contributed by atoms with Gasteiger partial charge in [-0.2, -0.15) is 0 Å². The normalized spacial score (nSPS) is 18.9. The minimum Gasteiger partial charge on any atom is -0.494 e. The zero-order chi connectivity index (χ0) is 14.5. The van der Waals surface area contributed by atoms with Crippen LogP contribution in [-0.4, -0.2) is 43.7 Å². The first-order chi connectivity index (χ1) is 9.67. The van der Waals surface area contributed by atoms with Gasteiger partial charge in [0.2, 0.25) is 0 Å². The molecule has 1 aliphatic rings. The van der Waals surface area contributed by atoms with E-state index in [9.17, 15) is 4.79 Å². The Morgan fingerprint density at radius 1 is 1.50 bits per heavy atom. The van der Waals surface area contributed by atoms with Crippen molar-refractivity contribution in [3.8, 4) is 5.75 Å². The number of carbonyl (C=O) groups is 1. The molecule has 110 valence electrons. The second-order valence-corrected chi connectivity index (χ2v) is 4.90. The minimum absolute atomic E-state index is 0.0430. The number of methoxy groups -OCH3 is 1. The fourth-order valence-electron chi connectivity index (χ4n) is 2.62. The molecule has 1 atom stereocenters. The van der Waals surface area contributed by atoms with Crippen molar-refractivity contribution in [1.29, 1.82) is 0 Å². The van der Waals surface area contributed by atoms with Gasteiger partial charge in [-0.3, -0.25) is 4.79 Å². The van der Waals surface area contributed by atoms with Gasteiger partial charge in [0, 0.05) is 19.7 Å². The van der Waals surface area contributed by atoms with Crippen molar-refractivity contribution in [2.45, 2.75) is 25.9 Å². The smallest absolute Gasteiger partial charge is 0.257 e. The molecule has 20 heavy (non-hydrogen) atoms. The number of carbonyl (C=O) groups excluding carboxylic acids is 1. The Kier molecular flexibility index (Phi) is 4.84. The van der Waals surface area contributed by atoms with Gasteiger partial charge in [-0.1, -0.05) is 6.07 Å². The van der Waals surface area contributed by atoms with Crippen molar-refractivity contribution in [2.75, 3.05) is 32.5 Å². The largest absolute Gasteiger partial charge is 0.494 e. The number of nitrogen functional groups attached to an aromatic ring is 1. The maximum absolute atomic E-state index is 12.6. The third-order valence-electron chi connectivity index (χ3n) is 3.55. The van der Waals surface area contributed by atoms with E-state index in [-0.39, 0.29) is 12.0 Å². The molecule has 1 heterocycles. The van der Waals surface area contributed by atoms with E-state index in [1.807, 2.05) is 11.8 Å². The molecule has 1 fully saturated rings. The predicted octanol–water partition coefficient (Wildman–Crippen LogP) is 1.92. The zero-order valence-electron chi connectivity index (χ0n) is 12.1. The van der Waals surface area contributed by atoms with Crippen LogP contribution in [0, 0.1) is 0 Å². The van der Waals surface area contributed by atoms with Gasteiger partial charge in [0.25, 0.3) is 5.91 Å². The van der Waals surface area contributed by atoms with Crippen LogP contribution in [0.2, 0.25) is 0 Å². The molecule has 0 spiro atoms. The number of hydrogen-bond acceptors (Lipinski definition) is 4. The minimum atomic E-state index is -0.0430. The van der Waals surface area contributed by atoms with Crippen molar-refractivity contribution in [1.82, 2.24) is 4.90 Å². The van der Waals surface area contributed by atoms with Crippen LogP contribution < -0.4 is 10.5 Å². The molecular weight excluding hydrogens is 256 g/mol. The summed E-state index contributed by atoms with van der Waals surface area (Å²) < 4.78 is 10.9. The van der Waals surface area contributed by atoms with Crippen LogP contribution in [0.1, 0.15) is 30.1 Å². The first-order valence-electron chi connectivity index (χ1n) is 7.00. The van der Waals surface area contributed by atoms with E-state index in [2.05, 4.69) is 0 Å². The van der Waals surface area contributed by atoms with E-state index in [0.717, 1.165) is 19.4 Å². The molecule has 1 saturated heterocycles. The number of benzene rings is 1. The summed E-state index contributed by atoms with van der Waals surface area (Å²) in [4.78, 5) is 14.4. The third-order valence-corrected chi connectivity index (χ3v) is 3.55. The molecule has 1 aromatic rings. The van der Waals surface area contributed by atoms with E-state index < -0.39 is 0 Å². The van der Waals surface area contributed by atoms with Gasteiger partial charge in [0.1, 0.15) is 0 Å². The first-order valence-corrected chi connectivity index (χ1v) is 7.00. The summed E-state index contributed by atoms with van der Waals surface area (Å²) in [5.74, 6) is 0.412. The number of ether oxygens (including phenoxy) is 2. The SMILES string of the molecule is CCOC1CCCN(C(=O)c2cccc(N)c2OC)C1. The molecule has 1 aromatic carbocycles. The van der Waals surface area contributed by atoms with Crippen molar-refractivity contribution >= 4 is 11.6 Å². The highest BCUT2D eigenvalue weighted by Gasteiger charge is 2.26. The molecule has 1 unspecified atom stereocenters. The lowest BCUT2D eigenvalue weighted by molar-refractivity contribution is 0.00714. The maximum Gasteiger partial charge on any atom is 0.257 e.